The summed E-state index contributed by atoms with van der Waals surface area (Å²) in [5, 5.41) is 3.43. The lowest BCUT2D eigenvalue weighted by Crippen LogP contribution is -2.38. The van der Waals surface area contributed by atoms with Gasteiger partial charge in [0.25, 0.3) is 0 Å². The quantitative estimate of drug-likeness (QED) is 0.748. The van der Waals surface area contributed by atoms with Gasteiger partial charge in [0, 0.05) is 22.9 Å². The van der Waals surface area contributed by atoms with E-state index in [-0.39, 0.29) is 0 Å². The van der Waals surface area contributed by atoms with Gasteiger partial charge < -0.3 is 5.32 Å². The second-order valence-corrected chi connectivity index (χ2v) is 7.68. The predicted octanol–water partition coefficient (Wildman–Crippen LogP) is 4.97. The Bertz CT molecular complexity index is 408. The molecule has 1 aromatic heterocycles. The molecule has 1 aliphatic rings. The first-order valence-corrected chi connectivity index (χ1v) is 9.22. The molecule has 1 N–H and O–H groups in total. The van der Waals surface area contributed by atoms with Crippen LogP contribution >= 0.6 is 15.9 Å². The molecule has 0 bridgehead atoms. The predicted molar refractivity (Wildman–Crippen MR) is 93.5 cm³/mol. The van der Waals surface area contributed by atoms with E-state index < -0.39 is 0 Å². The lowest BCUT2D eigenvalue weighted by atomic mass is 9.67. The molecule has 3 heteroatoms. The highest BCUT2D eigenvalue weighted by molar-refractivity contribution is 9.10. The number of halogens is 1. The highest BCUT2D eigenvalue weighted by Gasteiger charge is 2.35. The van der Waals surface area contributed by atoms with Gasteiger partial charge in [-0.15, -0.1) is 0 Å². The first kappa shape index (κ1) is 17.0. The number of nitrogens with zero attached hydrogens (tertiary/aromatic N) is 1. The van der Waals surface area contributed by atoms with Gasteiger partial charge in [0.2, 0.25) is 0 Å². The molecule has 0 aromatic carbocycles. The van der Waals surface area contributed by atoms with E-state index in [1.807, 2.05) is 6.20 Å². The molecule has 118 valence electrons. The number of pyridine rings is 1. The molecule has 2 nitrogen and oxygen atoms in total. The molecule has 1 aromatic rings. The van der Waals surface area contributed by atoms with Crippen LogP contribution in [0, 0.1) is 11.3 Å². The first-order valence-electron chi connectivity index (χ1n) is 8.42. The smallest absolute Gasteiger partial charge is 0.0413 e. The minimum atomic E-state index is 0.415. The van der Waals surface area contributed by atoms with Crippen molar-refractivity contribution in [1.29, 1.82) is 0 Å². The van der Waals surface area contributed by atoms with Gasteiger partial charge in [-0.3, -0.25) is 4.98 Å². The summed E-state index contributed by atoms with van der Waals surface area (Å²) in [6, 6.07) is 4.28. The van der Waals surface area contributed by atoms with Crippen LogP contribution in [-0.2, 0) is 6.42 Å². The molecule has 21 heavy (non-hydrogen) atoms. The summed E-state index contributed by atoms with van der Waals surface area (Å²) in [5.74, 6) is 0.966. The second kappa shape index (κ2) is 8.28. The Balaban J connectivity index is 1.96. The summed E-state index contributed by atoms with van der Waals surface area (Å²) in [6.45, 7) is 3.42. The van der Waals surface area contributed by atoms with Gasteiger partial charge >= 0.3 is 0 Å². The Labute approximate surface area is 138 Å². The summed E-state index contributed by atoms with van der Waals surface area (Å²) in [6.07, 6.45) is 12.7. The van der Waals surface area contributed by atoms with Crippen molar-refractivity contribution in [3.63, 3.8) is 0 Å². The number of hydrogen-bond acceptors (Lipinski definition) is 2. The number of unbranched alkanes of at least 4 members (excludes halogenated alkanes) is 1. The normalized spacial score (nSPS) is 26.0. The molecule has 1 saturated carbocycles. The van der Waals surface area contributed by atoms with Crippen LogP contribution in [0.2, 0.25) is 0 Å². The average Bonchev–Trinajstić information content (AvgIpc) is 2.50. The van der Waals surface area contributed by atoms with Crippen LogP contribution < -0.4 is 5.32 Å². The van der Waals surface area contributed by atoms with Crippen molar-refractivity contribution in [3.05, 3.63) is 28.5 Å². The van der Waals surface area contributed by atoms with Gasteiger partial charge in [-0.25, -0.2) is 0 Å². The summed E-state index contributed by atoms with van der Waals surface area (Å²) in [7, 11) is 2.08. The van der Waals surface area contributed by atoms with Crippen molar-refractivity contribution in [2.24, 2.45) is 11.3 Å². The molecule has 0 aliphatic heterocycles. The van der Waals surface area contributed by atoms with Gasteiger partial charge in [0.15, 0.2) is 0 Å². The van der Waals surface area contributed by atoms with Crippen LogP contribution in [0.25, 0.3) is 0 Å². The van der Waals surface area contributed by atoms with E-state index in [9.17, 15) is 0 Å². The number of aromatic nitrogens is 1. The lowest BCUT2D eigenvalue weighted by Gasteiger charge is -2.40. The fourth-order valence-corrected chi connectivity index (χ4v) is 3.99. The van der Waals surface area contributed by atoms with Crippen LogP contribution in [0.3, 0.4) is 0 Å². The zero-order valence-corrected chi connectivity index (χ0v) is 15.1. The van der Waals surface area contributed by atoms with Gasteiger partial charge in [0.1, 0.15) is 0 Å². The third-order valence-electron chi connectivity index (χ3n) is 5.03. The number of hydrogen-bond donors (Lipinski definition) is 1. The molecule has 1 fully saturated rings. The second-order valence-electron chi connectivity index (χ2n) is 6.76. The van der Waals surface area contributed by atoms with Crippen molar-refractivity contribution in [3.8, 4) is 0 Å². The summed E-state index contributed by atoms with van der Waals surface area (Å²) < 4.78 is 1.07. The Morgan fingerprint density at radius 3 is 2.67 bits per heavy atom. The van der Waals surface area contributed by atoms with E-state index in [1.165, 1.54) is 50.6 Å². The third-order valence-corrected chi connectivity index (χ3v) is 5.50. The van der Waals surface area contributed by atoms with Crippen LogP contribution in [-0.4, -0.2) is 18.6 Å². The molecular formula is C18H29BrN2. The lowest BCUT2D eigenvalue weighted by molar-refractivity contribution is 0.140. The summed E-state index contributed by atoms with van der Waals surface area (Å²) in [4.78, 5) is 4.59. The van der Waals surface area contributed by atoms with Crippen LogP contribution in [0.4, 0.5) is 0 Å². The monoisotopic (exact) mass is 352 g/mol. The van der Waals surface area contributed by atoms with E-state index in [0.29, 0.717) is 5.41 Å². The molecule has 1 heterocycles. The Morgan fingerprint density at radius 2 is 2.10 bits per heavy atom. The van der Waals surface area contributed by atoms with E-state index >= 15 is 0 Å². The average molecular weight is 353 g/mol. The van der Waals surface area contributed by atoms with Crippen LogP contribution in [0.5, 0.6) is 0 Å². The fourth-order valence-electron chi connectivity index (χ4n) is 3.76. The van der Waals surface area contributed by atoms with Gasteiger partial charge in [0.05, 0.1) is 0 Å². The third kappa shape index (κ3) is 5.07. The minimum Gasteiger partial charge on any atom is -0.319 e. The maximum Gasteiger partial charge on any atom is 0.0413 e. The minimum absolute atomic E-state index is 0.415. The molecule has 0 atom stereocenters. The van der Waals surface area contributed by atoms with E-state index in [2.05, 4.69) is 52.3 Å². The van der Waals surface area contributed by atoms with Crippen molar-refractivity contribution in [2.45, 2.75) is 58.3 Å². The Morgan fingerprint density at radius 1 is 1.33 bits per heavy atom. The fraction of sp³-hybridized carbons (Fsp3) is 0.722. The maximum atomic E-state index is 4.59. The van der Waals surface area contributed by atoms with E-state index in [1.54, 1.807) is 0 Å². The van der Waals surface area contributed by atoms with Gasteiger partial charge in [-0.2, -0.15) is 0 Å². The number of nitrogens with one attached hydrogen (secondary N) is 1. The molecular weight excluding hydrogens is 324 g/mol. The zero-order valence-electron chi connectivity index (χ0n) is 13.5. The van der Waals surface area contributed by atoms with Crippen molar-refractivity contribution < 1.29 is 0 Å². The standard InChI is InChI=1S/C18H29BrN2/c1-3-4-5-15-8-10-18(11-9-15,14-20-2)12-17-7-6-16(19)13-21-17/h6-7,13,15,20H,3-5,8-12,14H2,1-2H3. The molecule has 0 unspecified atom stereocenters. The number of rotatable bonds is 7. The van der Waals surface area contributed by atoms with Gasteiger partial charge in [-0.05, 0) is 78.5 Å². The zero-order chi connectivity index (χ0) is 15.1. The molecule has 1 aliphatic carbocycles. The van der Waals surface area contributed by atoms with E-state index in [4.69, 9.17) is 0 Å². The van der Waals surface area contributed by atoms with Gasteiger partial charge in [-0.1, -0.05) is 26.2 Å². The van der Waals surface area contributed by atoms with Crippen molar-refractivity contribution in [2.75, 3.05) is 13.6 Å². The summed E-state index contributed by atoms with van der Waals surface area (Å²) in [5.41, 5.74) is 1.65. The van der Waals surface area contributed by atoms with Crippen molar-refractivity contribution >= 4 is 15.9 Å². The molecule has 0 saturated heterocycles. The Kier molecular flexibility index (Phi) is 6.69. The maximum absolute atomic E-state index is 4.59. The van der Waals surface area contributed by atoms with Crippen LogP contribution in [0.1, 0.15) is 57.6 Å². The molecule has 0 amide bonds. The molecule has 2 rings (SSSR count). The van der Waals surface area contributed by atoms with E-state index in [0.717, 1.165) is 23.4 Å². The Hall–Kier alpha value is -0.410. The molecule has 0 spiro atoms. The highest BCUT2D eigenvalue weighted by Crippen LogP contribution is 2.42. The largest absolute Gasteiger partial charge is 0.319 e. The van der Waals surface area contributed by atoms with Crippen molar-refractivity contribution in [1.82, 2.24) is 10.3 Å². The topological polar surface area (TPSA) is 24.9 Å². The SMILES string of the molecule is CCCCC1CCC(CNC)(Cc2ccc(Br)cn2)CC1. The summed E-state index contributed by atoms with van der Waals surface area (Å²) >= 11 is 3.47. The highest BCUT2D eigenvalue weighted by atomic mass is 79.9. The first-order chi connectivity index (χ1) is 10.2. The molecule has 0 radical (unpaired) electrons. The van der Waals surface area contributed by atoms with Crippen LogP contribution in [0.15, 0.2) is 22.8 Å².